The van der Waals surface area contributed by atoms with Crippen LogP contribution >= 0.6 is 0 Å². The van der Waals surface area contributed by atoms with Crippen LogP contribution in [0.3, 0.4) is 0 Å². The fourth-order valence-corrected chi connectivity index (χ4v) is 2.77. The predicted octanol–water partition coefficient (Wildman–Crippen LogP) is 1.95. The van der Waals surface area contributed by atoms with Crippen molar-refractivity contribution in [1.29, 1.82) is 0 Å². The topological polar surface area (TPSA) is 29.1 Å². The third-order valence-corrected chi connectivity index (χ3v) is 3.59. The van der Waals surface area contributed by atoms with Gasteiger partial charge in [0.25, 0.3) is 0 Å². The van der Waals surface area contributed by atoms with Gasteiger partial charge in [-0.1, -0.05) is 20.3 Å². The van der Waals surface area contributed by atoms with Crippen LogP contribution in [0.25, 0.3) is 0 Å². The first kappa shape index (κ1) is 9.04. The maximum atomic E-state index is 11.5. The van der Waals surface area contributed by atoms with Crippen molar-refractivity contribution in [3.63, 3.8) is 0 Å². The van der Waals surface area contributed by atoms with Crippen molar-refractivity contribution < 1.29 is 4.79 Å². The summed E-state index contributed by atoms with van der Waals surface area (Å²) in [6.45, 7) is 3.92. The molecule has 0 saturated heterocycles. The van der Waals surface area contributed by atoms with E-state index in [9.17, 15) is 4.79 Å². The van der Waals surface area contributed by atoms with Crippen molar-refractivity contribution in [2.24, 2.45) is 17.8 Å². The molecule has 2 aliphatic carbocycles. The van der Waals surface area contributed by atoms with Crippen LogP contribution in [0.5, 0.6) is 0 Å². The number of hydrogen-bond donors (Lipinski definition) is 1. The van der Waals surface area contributed by atoms with Gasteiger partial charge in [-0.15, -0.1) is 0 Å². The fraction of sp³-hybridized carbons (Fsp3) is 0.909. The zero-order chi connectivity index (χ0) is 9.42. The molecule has 0 aromatic heterocycles. The molecule has 13 heavy (non-hydrogen) atoms. The summed E-state index contributed by atoms with van der Waals surface area (Å²) in [6.07, 6.45) is 5.35. The molecule has 0 aromatic rings. The molecule has 0 aromatic carbocycles. The van der Waals surface area contributed by atoms with Crippen molar-refractivity contribution in [3.05, 3.63) is 0 Å². The van der Waals surface area contributed by atoms with Gasteiger partial charge in [-0.05, 0) is 31.1 Å². The lowest BCUT2D eigenvalue weighted by Crippen LogP contribution is -2.40. The van der Waals surface area contributed by atoms with E-state index in [1.807, 2.05) is 13.8 Å². The molecule has 2 nitrogen and oxygen atoms in total. The molecular formula is C11H19NO. The van der Waals surface area contributed by atoms with Crippen molar-refractivity contribution in [2.75, 3.05) is 0 Å². The van der Waals surface area contributed by atoms with E-state index in [0.717, 1.165) is 11.8 Å². The van der Waals surface area contributed by atoms with E-state index in [-0.39, 0.29) is 11.8 Å². The molecule has 3 atom stereocenters. The van der Waals surface area contributed by atoms with Gasteiger partial charge in [0.2, 0.25) is 5.91 Å². The third-order valence-electron chi connectivity index (χ3n) is 3.59. The van der Waals surface area contributed by atoms with E-state index in [2.05, 4.69) is 5.32 Å². The summed E-state index contributed by atoms with van der Waals surface area (Å²) >= 11 is 0. The lowest BCUT2D eigenvalue weighted by molar-refractivity contribution is -0.125. The standard InChI is InChI=1S/C11H19NO/c1-7(2)11(13)12-10-6-8-3-4-9(10)5-8/h7-10H,3-6H2,1-2H3,(H,12,13)/t8-,9-,10+/m1/s1. The number of nitrogens with one attached hydrogen (secondary N) is 1. The normalized spacial score (nSPS) is 37.0. The van der Waals surface area contributed by atoms with Crippen molar-refractivity contribution in [3.8, 4) is 0 Å². The maximum Gasteiger partial charge on any atom is 0.222 e. The SMILES string of the molecule is CC(C)C(=O)N[C@H]1C[C@@H]2CC[C@@H]1C2. The van der Waals surface area contributed by atoms with E-state index in [4.69, 9.17) is 0 Å². The molecule has 2 bridgehead atoms. The number of carbonyl (C=O) groups is 1. The summed E-state index contributed by atoms with van der Waals surface area (Å²) in [5.74, 6) is 2.09. The summed E-state index contributed by atoms with van der Waals surface area (Å²) < 4.78 is 0. The highest BCUT2D eigenvalue weighted by atomic mass is 16.1. The summed E-state index contributed by atoms with van der Waals surface area (Å²) in [4.78, 5) is 11.5. The van der Waals surface area contributed by atoms with Crippen LogP contribution in [0.4, 0.5) is 0 Å². The Kier molecular flexibility index (Phi) is 2.31. The van der Waals surface area contributed by atoms with Gasteiger partial charge in [0, 0.05) is 12.0 Å². The number of carbonyl (C=O) groups excluding carboxylic acids is 1. The first-order valence-electron chi connectivity index (χ1n) is 5.47. The van der Waals surface area contributed by atoms with Crippen LogP contribution in [0, 0.1) is 17.8 Å². The van der Waals surface area contributed by atoms with Gasteiger partial charge < -0.3 is 5.32 Å². The first-order valence-corrected chi connectivity index (χ1v) is 5.47. The largest absolute Gasteiger partial charge is 0.353 e. The summed E-state index contributed by atoms with van der Waals surface area (Å²) in [7, 11) is 0. The van der Waals surface area contributed by atoms with E-state index in [0.29, 0.717) is 6.04 Å². The Balaban J connectivity index is 1.86. The van der Waals surface area contributed by atoms with Crippen LogP contribution in [0.2, 0.25) is 0 Å². The van der Waals surface area contributed by atoms with Crippen LogP contribution in [-0.4, -0.2) is 11.9 Å². The first-order chi connectivity index (χ1) is 6.16. The zero-order valence-electron chi connectivity index (χ0n) is 8.55. The average molecular weight is 181 g/mol. The molecule has 2 rings (SSSR count). The molecule has 0 aliphatic heterocycles. The molecule has 0 spiro atoms. The zero-order valence-corrected chi connectivity index (χ0v) is 8.55. The van der Waals surface area contributed by atoms with Gasteiger partial charge in [-0.25, -0.2) is 0 Å². The Morgan fingerprint density at radius 2 is 2.08 bits per heavy atom. The Hall–Kier alpha value is -0.530. The van der Waals surface area contributed by atoms with Crippen molar-refractivity contribution in [2.45, 2.75) is 45.6 Å². The van der Waals surface area contributed by atoms with Gasteiger partial charge in [0.05, 0.1) is 0 Å². The summed E-state index contributed by atoms with van der Waals surface area (Å²) in [5.41, 5.74) is 0. The van der Waals surface area contributed by atoms with Crippen molar-refractivity contribution in [1.82, 2.24) is 5.32 Å². The van der Waals surface area contributed by atoms with Gasteiger partial charge >= 0.3 is 0 Å². The second kappa shape index (κ2) is 3.32. The minimum atomic E-state index is 0.138. The van der Waals surface area contributed by atoms with Gasteiger partial charge in [0.1, 0.15) is 0 Å². The second-order valence-corrected chi connectivity index (χ2v) is 4.94. The Labute approximate surface area is 80.1 Å². The Morgan fingerprint density at radius 1 is 1.31 bits per heavy atom. The Bertz CT molecular complexity index is 212. The molecule has 2 fully saturated rings. The molecule has 74 valence electrons. The number of amides is 1. The van der Waals surface area contributed by atoms with E-state index in [1.165, 1.54) is 25.7 Å². The van der Waals surface area contributed by atoms with Crippen molar-refractivity contribution >= 4 is 5.91 Å². The third kappa shape index (κ3) is 1.72. The molecule has 0 radical (unpaired) electrons. The smallest absolute Gasteiger partial charge is 0.222 e. The highest BCUT2D eigenvalue weighted by molar-refractivity contribution is 5.78. The lowest BCUT2D eigenvalue weighted by Gasteiger charge is -2.23. The molecule has 0 heterocycles. The van der Waals surface area contributed by atoms with Crippen LogP contribution in [0.1, 0.15) is 39.5 Å². The molecule has 2 saturated carbocycles. The highest BCUT2D eigenvalue weighted by Gasteiger charge is 2.40. The fourth-order valence-electron chi connectivity index (χ4n) is 2.77. The predicted molar refractivity (Wildman–Crippen MR) is 52.2 cm³/mol. The summed E-state index contributed by atoms with van der Waals surface area (Å²) in [5, 5.41) is 3.17. The monoisotopic (exact) mass is 181 g/mol. The number of hydrogen-bond acceptors (Lipinski definition) is 1. The number of fused-ring (bicyclic) bond motifs is 2. The molecule has 2 heteroatoms. The van der Waals surface area contributed by atoms with E-state index < -0.39 is 0 Å². The maximum absolute atomic E-state index is 11.5. The minimum Gasteiger partial charge on any atom is -0.353 e. The molecular weight excluding hydrogens is 162 g/mol. The van der Waals surface area contributed by atoms with Gasteiger partial charge in [-0.2, -0.15) is 0 Å². The van der Waals surface area contributed by atoms with Crippen LogP contribution in [0.15, 0.2) is 0 Å². The van der Waals surface area contributed by atoms with E-state index in [1.54, 1.807) is 0 Å². The molecule has 1 amide bonds. The second-order valence-electron chi connectivity index (χ2n) is 4.94. The molecule has 2 aliphatic rings. The van der Waals surface area contributed by atoms with Crippen LogP contribution < -0.4 is 5.32 Å². The minimum absolute atomic E-state index is 0.138. The quantitative estimate of drug-likeness (QED) is 0.693. The van der Waals surface area contributed by atoms with Crippen LogP contribution in [-0.2, 0) is 4.79 Å². The number of rotatable bonds is 2. The molecule has 1 N–H and O–H groups in total. The lowest BCUT2D eigenvalue weighted by atomic mass is 9.95. The molecule has 0 unspecified atom stereocenters. The Morgan fingerprint density at radius 3 is 2.54 bits per heavy atom. The van der Waals surface area contributed by atoms with E-state index >= 15 is 0 Å². The average Bonchev–Trinajstić information content (AvgIpc) is 2.64. The van der Waals surface area contributed by atoms with Gasteiger partial charge in [0.15, 0.2) is 0 Å². The highest BCUT2D eigenvalue weighted by Crippen LogP contribution is 2.44. The van der Waals surface area contributed by atoms with Gasteiger partial charge in [-0.3, -0.25) is 4.79 Å². The summed E-state index contributed by atoms with van der Waals surface area (Å²) in [6, 6.07) is 0.508.